The quantitative estimate of drug-likeness (QED) is 0.612. The number of benzene rings is 1. The zero-order valence-corrected chi connectivity index (χ0v) is 14.4. The molecular weight excluding hydrogens is 337 g/mol. The van der Waals surface area contributed by atoms with Gasteiger partial charge in [-0.25, -0.2) is 4.79 Å². The minimum absolute atomic E-state index is 0.0255. The molecule has 0 fully saturated rings. The molecule has 0 amide bonds. The maximum absolute atomic E-state index is 13.3. The molecule has 0 aromatic heterocycles. The maximum atomic E-state index is 13.3. The molecule has 1 rings (SSSR count). The van der Waals surface area contributed by atoms with Crippen molar-refractivity contribution in [2.24, 2.45) is 0 Å². The van der Waals surface area contributed by atoms with Crippen LogP contribution < -0.4 is 0 Å². The lowest BCUT2D eigenvalue weighted by atomic mass is 9.80. The summed E-state index contributed by atoms with van der Waals surface area (Å²) in [4.78, 5) is 23.6. The van der Waals surface area contributed by atoms with Gasteiger partial charge in [0.1, 0.15) is 0 Å². The molecule has 0 unspecified atom stereocenters. The second-order valence-corrected chi connectivity index (χ2v) is 5.54. The summed E-state index contributed by atoms with van der Waals surface area (Å²) in [5, 5.41) is 0. The minimum Gasteiger partial charge on any atom is -0.465 e. The molecule has 0 aliphatic rings. The van der Waals surface area contributed by atoms with E-state index in [-0.39, 0.29) is 18.8 Å². The monoisotopic (exact) mass is 356 g/mol. The van der Waals surface area contributed by atoms with E-state index in [2.05, 4.69) is 10.7 Å². The van der Waals surface area contributed by atoms with Crippen molar-refractivity contribution in [1.29, 1.82) is 0 Å². The highest BCUT2D eigenvalue weighted by Gasteiger charge is 2.39. The van der Waals surface area contributed by atoms with Crippen LogP contribution in [0.25, 0.3) is 0 Å². The standard InChI is InChI=1S/C18H19F3O4/c1-5-24-15(22)11-10-12-13(17(3,4)16(23)25-6-2)8-7-9-14(12)18(19,20)21/h7-9H,5-6H2,1-4H3. The fourth-order valence-corrected chi connectivity index (χ4v) is 2.15. The number of carbonyl (C=O) groups excluding carboxylic acids is 2. The van der Waals surface area contributed by atoms with E-state index in [1.807, 2.05) is 5.92 Å². The van der Waals surface area contributed by atoms with Gasteiger partial charge in [0.15, 0.2) is 0 Å². The van der Waals surface area contributed by atoms with Crippen LogP contribution in [0.5, 0.6) is 0 Å². The smallest absolute Gasteiger partial charge is 0.417 e. The van der Waals surface area contributed by atoms with Gasteiger partial charge in [-0.3, -0.25) is 4.79 Å². The first-order chi connectivity index (χ1) is 11.6. The van der Waals surface area contributed by atoms with Crippen LogP contribution in [-0.4, -0.2) is 25.2 Å². The highest BCUT2D eigenvalue weighted by Crippen LogP contribution is 2.37. The molecule has 0 saturated heterocycles. The van der Waals surface area contributed by atoms with Crippen molar-refractivity contribution in [2.45, 2.75) is 39.3 Å². The third-order valence-corrected chi connectivity index (χ3v) is 3.39. The number of carbonyl (C=O) groups is 2. The highest BCUT2D eigenvalue weighted by molar-refractivity contribution is 5.90. The Kier molecular flexibility index (Phi) is 6.63. The average Bonchev–Trinajstić information content (AvgIpc) is 2.52. The zero-order valence-electron chi connectivity index (χ0n) is 14.4. The Morgan fingerprint density at radius 3 is 2.12 bits per heavy atom. The lowest BCUT2D eigenvalue weighted by Gasteiger charge is -2.25. The third kappa shape index (κ3) is 4.99. The van der Waals surface area contributed by atoms with Gasteiger partial charge >= 0.3 is 18.1 Å². The number of hydrogen-bond acceptors (Lipinski definition) is 4. The summed E-state index contributed by atoms with van der Waals surface area (Å²) < 4.78 is 49.6. The van der Waals surface area contributed by atoms with Crippen molar-refractivity contribution in [2.75, 3.05) is 13.2 Å². The van der Waals surface area contributed by atoms with Crippen LogP contribution in [-0.2, 0) is 30.7 Å². The topological polar surface area (TPSA) is 52.6 Å². The van der Waals surface area contributed by atoms with E-state index >= 15 is 0 Å². The molecule has 0 N–H and O–H groups in total. The van der Waals surface area contributed by atoms with E-state index in [9.17, 15) is 22.8 Å². The molecule has 0 aliphatic carbocycles. The Bertz CT molecular complexity index is 709. The molecule has 0 bridgehead atoms. The number of halogens is 3. The first-order valence-corrected chi connectivity index (χ1v) is 7.62. The lowest BCUT2D eigenvalue weighted by molar-refractivity contribution is -0.149. The fourth-order valence-electron chi connectivity index (χ4n) is 2.15. The van der Waals surface area contributed by atoms with Gasteiger partial charge in [0.05, 0.1) is 24.2 Å². The van der Waals surface area contributed by atoms with Crippen LogP contribution in [0.2, 0.25) is 0 Å². The van der Waals surface area contributed by atoms with Gasteiger partial charge in [-0.15, -0.1) is 0 Å². The van der Waals surface area contributed by atoms with Gasteiger partial charge in [-0.2, -0.15) is 13.2 Å². The summed E-state index contributed by atoms with van der Waals surface area (Å²) in [5.41, 5.74) is -2.83. The first-order valence-electron chi connectivity index (χ1n) is 7.62. The van der Waals surface area contributed by atoms with Crippen molar-refractivity contribution in [3.63, 3.8) is 0 Å². The molecule has 0 radical (unpaired) electrons. The van der Waals surface area contributed by atoms with Gasteiger partial charge < -0.3 is 9.47 Å². The molecular formula is C18H19F3O4. The predicted molar refractivity (Wildman–Crippen MR) is 84.6 cm³/mol. The largest absolute Gasteiger partial charge is 0.465 e. The van der Waals surface area contributed by atoms with Crippen LogP contribution in [0, 0.1) is 11.8 Å². The maximum Gasteiger partial charge on any atom is 0.417 e. The van der Waals surface area contributed by atoms with Gasteiger partial charge in [0, 0.05) is 11.5 Å². The molecule has 0 heterocycles. The summed E-state index contributed by atoms with van der Waals surface area (Å²) in [6.45, 7) is 6.17. The van der Waals surface area contributed by atoms with E-state index in [1.165, 1.54) is 26.0 Å². The Balaban J connectivity index is 3.58. The van der Waals surface area contributed by atoms with Crippen LogP contribution in [0.3, 0.4) is 0 Å². The summed E-state index contributed by atoms with van der Waals surface area (Å²) in [6, 6.07) is 3.40. The molecule has 7 heteroatoms. The van der Waals surface area contributed by atoms with Crippen LogP contribution in [0.1, 0.15) is 44.4 Å². The lowest BCUT2D eigenvalue weighted by Crippen LogP contribution is -2.32. The summed E-state index contributed by atoms with van der Waals surface area (Å²) in [6.07, 6.45) is -4.70. The second kappa shape index (κ2) is 8.06. The van der Waals surface area contributed by atoms with E-state index in [4.69, 9.17) is 4.74 Å². The second-order valence-electron chi connectivity index (χ2n) is 5.54. The predicted octanol–water partition coefficient (Wildman–Crippen LogP) is 3.46. The van der Waals surface area contributed by atoms with Crippen molar-refractivity contribution in [1.82, 2.24) is 0 Å². The molecule has 0 aliphatic heterocycles. The van der Waals surface area contributed by atoms with Crippen LogP contribution >= 0.6 is 0 Å². The zero-order chi connectivity index (χ0) is 19.3. The Labute approximate surface area is 144 Å². The number of hydrogen-bond donors (Lipinski definition) is 0. The number of rotatable bonds is 4. The Morgan fingerprint density at radius 2 is 1.60 bits per heavy atom. The summed E-state index contributed by atoms with van der Waals surface area (Å²) in [7, 11) is 0. The van der Waals surface area contributed by atoms with Crippen molar-refractivity contribution in [3.05, 3.63) is 34.9 Å². The molecule has 136 valence electrons. The summed E-state index contributed by atoms with van der Waals surface area (Å²) >= 11 is 0. The molecule has 1 aromatic carbocycles. The van der Waals surface area contributed by atoms with Crippen molar-refractivity contribution >= 4 is 11.9 Å². The molecule has 0 spiro atoms. The molecule has 0 atom stereocenters. The number of esters is 2. The molecule has 25 heavy (non-hydrogen) atoms. The van der Waals surface area contributed by atoms with E-state index < -0.39 is 34.7 Å². The van der Waals surface area contributed by atoms with Gasteiger partial charge in [-0.1, -0.05) is 18.1 Å². The van der Waals surface area contributed by atoms with Gasteiger partial charge in [-0.05, 0) is 39.3 Å². The van der Waals surface area contributed by atoms with Gasteiger partial charge in [0.2, 0.25) is 0 Å². The SMILES string of the molecule is CCOC(=O)C#Cc1c(C(F)(F)F)cccc1C(C)(C)C(=O)OCC. The summed E-state index contributed by atoms with van der Waals surface area (Å²) in [5.74, 6) is 2.62. The normalized spacial score (nSPS) is 11.3. The van der Waals surface area contributed by atoms with E-state index in [0.717, 1.165) is 6.07 Å². The van der Waals surface area contributed by atoms with Crippen molar-refractivity contribution < 1.29 is 32.2 Å². The number of ether oxygens (including phenoxy) is 2. The van der Waals surface area contributed by atoms with E-state index in [0.29, 0.717) is 0 Å². The molecule has 4 nitrogen and oxygen atoms in total. The minimum atomic E-state index is -4.70. The van der Waals surface area contributed by atoms with E-state index in [1.54, 1.807) is 13.8 Å². The van der Waals surface area contributed by atoms with Crippen LogP contribution in [0.4, 0.5) is 13.2 Å². The highest BCUT2D eigenvalue weighted by atomic mass is 19.4. The Hall–Kier alpha value is -2.49. The average molecular weight is 356 g/mol. The van der Waals surface area contributed by atoms with Gasteiger partial charge in [0.25, 0.3) is 0 Å². The number of alkyl halides is 3. The van der Waals surface area contributed by atoms with Crippen molar-refractivity contribution in [3.8, 4) is 11.8 Å². The molecule has 0 saturated carbocycles. The molecule has 1 aromatic rings. The first kappa shape index (κ1) is 20.6. The third-order valence-electron chi connectivity index (χ3n) is 3.39. The van der Waals surface area contributed by atoms with Crippen LogP contribution in [0.15, 0.2) is 18.2 Å². The Morgan fingerprint density at radius 1 is 1.04 bits per heavy atom. The fraction of sp³-hybridized carbons (Fsp3) is 0.444.